The number of rotatable bonds is 8. The Labute approximate surface area is 436 Å². The Hall–Kier alpha value is -7.20. The number of likely N-dealkylation sites (tertiary alicyclic amines) is 2. The van der Waals surface area contributed by atoms with Crippen LogP contribution in [0.1, 0.15) is 144 Å². The molecule has 0 aromatic heterocycles. The summed E-state index contributed by atoms with van der Waals surface area (Å²) >= 11 is 0. The second kappa shape index (κ2) is 22.5. The molecule has 4 amide bonds. The third-order valence-corrected chi connectivity index (χ3v) is 17.1. The van der Waals surface area contributed by atoms with Gasteiger partial charge in [0.2, 0.25) is 11.8 Å². The molecule has 4 fully saturated rings. The standard InChI is InChI=1S/2C32H35N3O2/c2*36-31(23-14-5-2-6-15-23)34-28-20-10-8-17-25(28)32(37)35-21-11-18-26-29(22-12-3-1-4-13-22)33-27-19-9-7-16-24(27)30(26)35/h2*1-7,9,12-16,19,25-26,28-30,33H,8,10-11,17-18,20-21H2,(H,34,36)/t25-,26+,28+,29-,30-;25-,26-,28+,29+,30?/m00/s1. The average molecular weight is 987 g/mol. The molecule has 10 nitrogen and oxygen atoms in total. The molecule has 0 radical (unpaired) electrons. The molecule has 380 valence electrons. The van der Waals surface area contributed by atoms with Crippen molar-refractivity contribution in [3.63, 3.8) is 0 Å². The number of hydrogen-bond acceptors (Lipinski definition) is 6. The summed E-state index contributed by atoms with van der Waals surface area (Å²) in [6.07, 6.45) is 11.6. The van der Waals surface area contributed by atoms with Crippen molar-refractivity contribution in [1.82, 2.24) is 20.4 Å². The van der Waals surface area contributed by atoms with Gasteiger partial charge in [-0.15, -0.1) is 0 Å². The number of fused-ring (bicyclic) bond motifs is 6. The Morgan fingerprint density at radius 2 is 0.743 bits per heavy atom. The van der Waals surface area contributed by atoms with Crippen LogP contribution >= 0.6 is 0 Å². The highest BCUT2D eigenvalue weighted by molar-refractivity contribution is 5.95. The van der Waals surface area contributed by atoms with E-state index in [1.807, 2.05) is 60.7 Å². The molecule has 4 aliphatic heterocycles. The van der Waals surface area contributed by atoms with E-state index >= 15 is 0 Å². The molecule has 10 heteroatoms. The van der Waals surface area contributed by atoms with E-state index in [2.05, 4.69) is 140 Å². The summed E-state index contributed by atoms with van der Waals surface area (Å²) in [6.45, 7) is 1.54. The van der Waals surface area contributed by atoms with Gasteiger partial charge in [0.05, 0.1) is 36.0 Å². The van der Waals surface area contributed by atoms with E-state index in [4.69, 9.17) is 0 Å². The fraction of sp³-hybridized carbons (Fsp3) is 0.375. The molecule has 4 heterocycles. The molecule has 1 unspecified atom stereocenters. The summed E-state index contributed by atoms with van der Waals surface area (Å²) in [5.74, 6) is 0.477. The van der Waals surface area contributed by atoms with E-state index in [1.54, 1.807) is 0 Å². The molecule has 2 aliphatic carbocycles. The number of carbonyl (C=O) groups excluding carboxylic acids is 4. The maximum atomic E-state index is 14.3. The Bertz CT molecular complexity index is 2690. The smallest absolute Gasteiger partial charge is 0.251 e. The molecular formula is C64H70N6O4. The van der Waals surface area contributed by atoms with E-state index in [-0.39, 0.29) is 71.7 Å². The van der Waals surface area contributed by atoms with Crippen LogP contribution in [0.5, 0.6) is 0 Å². The van der Waals surface area contributed by atoms with Gasteiger partial charge in [-0.25, -0.2) is 0 Å². The van der Waals surface area contributed by atoms with E-state index in [0.29, 0.717) is 23.0 Å². The first kappa shape index (κ1) is 49.0. The second-order valence-corrected chi connectivity index (χ2v) is 21.5. The zero-order valence-corrected chi connectivity index (χ0v) is 42.4. The lowest BCUT2D eigenvalue weighted by Crippen LogP contribution is -2.54. The first-order valence-electron chi connectivity index (χ1n) is 27.5. The lowest BCUT2D eigenvalue weighted by Gasteiger charge is -2.50. The number of piperidine rings is 2. The molecule has 6 aromatic carbocycles. The monoisotopic (exact) mass is 987 g/mol. The maximum absolute atomic E-state index is 14.3. The van der Waals surface area contributed by atoms with Crippen LogP contribution in [0.3, 0.4) is 0 Å². The van der Waals surface area contributed by atoms with Gasteiger partial charge < -0.3 is 31.1 Å². The Balaban J connectivity index is 0.000000159. The van der Waals surface area contributed by atoms with Gasteiger partial charge in [0.15, 0.2) is 0 Å². The highest BCUT2D eigenvalue weighted by Gasteiger charge is 2.48. The van der Waals surface area contributed by atoms with Crippen LogP contribution in [-0.4, -0.2) is 58.6 Å². The van der Waals surface area contributed by atoms with Gasteiger partial charge in [0.1, 0.15) is 0 Å². The first-order valence-corrected chi connectivity index (χ1v) is 27.5. The van der Waals surface area contributed by atoms with Crippen molar-refractivity contribution < 1.29 is 19.2 Å². The molecule has 10 atom stereocenters. The van der Waals surface area contributed by atoms with Crippen molar-refractivity contribution in [2.45, 2.75) is 113 Å². The minimum Gasteiger partial charge on any atom is -0.378 e. The fourth-order valence-electron chi connectivity index (χ4n) is 13.7. The molecule has 0 bridgehead atoms. The SMILES string of the molecule is O=C(N[C@@H]1CCCC[C@@H]1C(=O)N1CCC[C@@H]2C1c1ccccc1N[C@@H]2c1ccccc1)c1ccccc1.O=C(N[C@@H]1CCCC[C@@H]1C(=O)N1CCC[C@@H]2[C@H](c3ccccc3)Nc3ccccc3[C@@H]21)c1ccccc1. The van der Waals surface area contributed by atoms with Crippen LogP contribution in [0, 0.1) is 23.7 Å². The third-order valence-electron chi connectivity index (χ3n) is 17.1. The van der Waals surface area contributed by atoms with Crippen molar-refractivity contribution in [3.8, 4) is 0 Å². The van der Waals surface area contributed by atoms with Crippen molar-refractivity contribution >= 4 is 35.0 Å². The van der Waals surface area contributed by atoms with Crippen LogP contribution in [0.2, 0.25) is 0 Å². The third kappa shape index (κ3) is 10.2. The molecule has 0 spiro atoms. The molecule has 4 N–H and O–H groups in total. The normalized spacial score (nSPS) is 26.8. The lowest BCUT2D eigenvalue weighted by molar-refractivity contribution is -0.144. The number of amides is 4. The van der Waals surface area contributed by atoms with Crippen LogP contribution < -0.4 is 21.3 Å². The Morgan fingerprint density at radius 1 is 0.392 bits per heavy atom. The van der Waals surface area contributed by atoms with Gasteiger partial charge in [0, 0.05) is 59.5 Å². The van der Waals surface area contributed by atoms with E-state index in [0.717, 1.165) is 102 Å². The number of para-hydroxylation sites is 2. The van der Waals surface area contributed by atoms with E-state index < -0.39 is 0 Å². The van der Waals surface area contributed by atoms with Crippen molar-refractivity contribution in [2.24, 2.45) is 23.7 Å². The van der Waals surface area contributed by atoms with Gasteiger partial charge in [-0.05, 0) is 110 Å². The van der Waals surface area contributed by atoms with Crippen LogP contribution in [-0.2, 0) is 9.59 Å². The summed E-state index contributed by atoms with van der Waals surface area (Å²) in [4.78, 5) is 59.0. The van der Waals surface area contributed by atoms with Gasteiger partial charge in [0.25, 0.3) is 11.8 Å². The number of hydrogen-bond donors (Lipinski definition) is 4. The van der Waals surface area contributed by atoms with E-state index in [1.165, 1.54) is 22.3 Å². The maximum Gasteiger partial charge on any atom is 0.251 e. The topological polar surface area (TPSA) is 123 Å². The summed E-state index contributed by atoms with van der Waals surface area (Å²) in [5, 5.41) is 14.1. The second-order valence-electron chi connectivity index (χ2n) is 21.5. The first-order chi connectivity index (χ1) is 36.4. The number of carbonyl (C=O) groups is 4. The minimum atomic E-state index is -0.183. The van der Waals surface area contributed by atoms with Gasteiger partial charge >= 0.3 is 0 Å². The highest BCUT2D eigenvalue weighted by atomic mass is 16.2. The molecule has 12 rings (SSSR count). The summed E-state index contributed by atoms with van der Waals surface area (Å²) < 4.78 is 0. The summed E-state index contributed by atoms with van der Waals surface area (Å²) in [7, 11) is 0. The van der Waals surface area contributed by atoms with E-state index in [9.17, 15) is 19.2 Å². The van der Waals surface area contributed by atoms with Gasteiger partial charge in [-0.3, -0.25) is 19.2 Å². The molecule has 74 heavy (non-hydrogen) atoms. The lowest BCUT2D eigenvalue weighted by atomic mass is 9.73. The molecule has 6 aromatic rings. The minimum absolute atomic E-state index is 0.0382. The molecule has 6 aliphatic rings. The largest absolute Gasteiger partial charge is 0.378 e. The summed E-state index contributed by atoms with van der Waals surface area (Å²) in [5.41, 5.74) is 8.51. The number of nitrogens with one attached hydrogen (secondary N) is 4. The Kier molecular flexibility index (Phi) is 14.9. The molecular weight excluding hydrogens is 917 g/mol. The predicted octanol–water partition coefficient (Wildman–Crippen LogP) is 12.2. The van der Waals surface area contributed by atoms with Crippen LogP contribution in [0.25, 0.3) is 0 Å². The van der Waals surface area contributed by atoms with Gasteiger partial charge in [-0.1, -0.05) is 159 Å². The van der Waals surface area contributed by atoms with Gasteiger partial charge in [-0.2, -0.15) is 0 Å². The van der Waals surface area contributed by atoms with Crippen molar-refractivity contribution in [1.29, 1.82) is 0 Å². The number of benzene rings is 6. The zero-order chi connectivity index (χ0) is 50.4. The fourth-order valence-corrected chi connectivity index (χ4v) is 13.7. The van der Waals surface area contributed by atoms with Crippen molar-refractivity contribution in [3.05, 3.63) is 203 Å². The molecule has 2 saturated heterocycles. The van der Waals surface area contributed by atoms with Crippen molar-refractivity contribution in [2.75, 3.05) is 23.7 Å². The van der Waals surface area contributed by atoms with Crippen LogP contribution in [0.4, 0.5) is 11.4 Å². The number of anilines is 2. The number of nitrogens with zero attached hydrogens (tertiary/aromatic N) is 2. The van der Waals surface area contributed by atoms with Crippen LogP contribution in [0.15, 0.2) is 170 Å². The zero-order valence-electron chi connectivity index (χ0n) is 42.4. The molecule has 2 saturated carbocycles. The quantitative estimate of drug-likeness (QED) is 0.120. The highest BCUT2D eigenvalue weighted by Crippen LogP contribution is 2.52. The summed E-state index contributed by atoms with van der Waals surface area (Å²) in [6, 6.07) is 57.1. The average Bonchev–Trinajstić information content (AvgIpc) is 3.48. The Morgan fingerprint density at radius 3 is 1.15 bits per heavy atom. The predicted molar refractivity (Wildman–Crippen MR) is 292 cm³/mol.